The van der Waals surface area contributed by atoms with Gasteiger partial charge in [-0.15, -0.1) is 0 Å². The Labute approximate surface area is 174 Å². The first-order valence-corrected chi connectivity index (χ1v) is 11.2. The van der Waals surface area contributed by atoms with Gasteiger partial charge in [-0.1, -0.05) is 37.3 Å². The van der Waals surface area contributed by atoms with Gasteiger partial charge in [0, 0.05) is 38.4 Å². The van der Waals surface area contributed by atoms with Crippen LogP contribution in [-0.2, 0) is 24.3 Å². The minimum Gasteiger partial charge on any atom is -0.342 e. The number of likely N-dealkylation sites (tertiary alicyclic amines) is 2. The van der Waals surface area contributed by atoms with Crippen molar-refractivity contribution < 1.29 is 4.79 Å². The number of nitrogens with zero attached hydrogens (tertiary/aromatic N) is 4. The Morgan fingerprint density at radius 2 is 1.86 bits per heavy atom. The molecule has 1 aromatic carbocycles. The first-order chi connectivity index (χ1) is 14.2. The van der Waals surface area contributed by atoms with Gasteiger partial charge >= 0.3 is 0 Å². The van der Waals surface area contributed by atoms with Crippen LogP contribution in [0.4, 0.5) is 0 Å². The summed E-state index contributed by atoms with van der Waals surface area (Å²) < 4.78 is 2.29. The van der Waals surface area contributed by atoms with Crippen molar-refractivity contribution in [2.45, 2.75) is 58.5 Å². The molecule has 5 nitrogen and oxygen atoms in total. The van der Waals surface area contributed by atoms with E-state index in [0.29, 0.717) is 11.3 Å². The topological polar surface area (TPSA) is 41.4 Å². The highest BCUT2D eigenvalue weighted by Gasteiger charge is 2.40. The summed E-state index contributed by atoms with van der Waals surface area (Å²) in [5.74, 6) is 1.53. The monoisotopic (exact) mass is 394 g/mol. The molecule has 1 amide bonds. The molecule has 29 heavy (non-hydrogen) atoms. The Balaban J connectivity index is 1.31. The van der Waals surface area contributed by atoms with Crippen molar-refractivity contribution in [1.29, 1.82) is 0 Å². The summed E-state index contributed by atoms with van der Waals surface area (Å²) in [4.78, 5) is 21.8. The number of aromatic nitrogens is 2. The molecular formula is C24H34N4O. The van der Waals surface area contributed by atoms with E-state index in [2.05, 4.69) is 56.7 Å². The van der Waals surface area contributed by atoms with Crippen LogP contribution < -0.4 is 0 Å². The maximum absolute atomic E-state index is 12.5. The van der Waals surface area contributed by atoms with E-state index in [1.54, 1.807) is 0 Å². The predicted molar refractivity (Wildman–Crippen MR) is 115 cm³/mol. The average molecular weight is 395 g/mol. The van der Waals surface area contributed by atoms with Gasteiger partial charge in [0.2, 0.25) is 5.91 Å². The molecule has 5 heteroatoms. The number of amides is 1. The molecular weight excluding hydrogens is 360 g/mol. The van der Waals surface area contributed by atoms with Crippen LogP contribution in [0.2, 0.25) is 0 Å². The van der Waals surface area contributed by atoms with Gasteiger partial charge in [0.05, 0.1) is 6.54 Å². The molecule has 2 saturated heterocycles. The van der Waals surface area contributed by atoms with E-state index >= 15 is 0 Å². The van der Waals surface area contributed by atoms with Crippen LogP contribution in [0.1, 0.15) is 50.4 Å². The highest BCUT2D eigenvalue weighted by atomic mass is 16.2. The third-order valence-electron chi connectivity index (χ3n) is 6.81. The van der Waals surface area contributed by atoms with Gasteiger partial charge in [-0.2, -0.15) is 0 Å². The predicted octanol–water partition coefficient (Wildman–Crippen LogP) is 3.74. The lowest BCUT2D eigenvalue weighted by Gasteiger charge is -2.47. The summed E-state index contributed by atoms with van der Waals surface area (Å²) in [6.45, 7) is 8.22. The lowest BCUT2D eigenvalue weighted by Crippen LogP contribution is -2.51. The SMILES string of the molecule is CCCn1ccnc1CN1CCC2(CCC(=O)N(CCc3ccccc3)C2)CC1. The van der Waals surface area contributed by atoms with Crippen LogP contribution in [0.5, 0.6) is 0 Å². The highest BCUT2D eigenvalue weighted by molar-refractivity contribution is 5.77. The van der Waals surface area contributed by atoms with Crippen molar-refractivity contribution >= 4 is 5.91 Å². The number of benzene rings is 1. The standard InChI is InChI=1S/C24H34N4O/c1-2-14-27-18-13-25-22(27)19-26-16-11-24(12-17-26)10-8-23(29)28(20-24)15-9-21-6-4-3-5-7-21/h3-7,13,18H,2,8-12,14-17,19-20H2,1H3. The first-order valence-electron chi connectivity index (χ1n) is 11.2. The zero-order valence-electron chi connectivity index (χ0n) is 17.7. The zero-order chi connectivity index (χ0) is 20.1. The van der Waals surface area contributed by atoms with E-state index in [4.69, 9.17) is 0 Å². The van der Waals surface area contributed by atoms with E-state index in [9.17, 15) is 4.79 Å². The van der Waals surface area contributed by atoms with E-state index in [0.717, 1.165) is 65.0 Å². The van der Waals surface area contributed by atoms with Gasteiger partial charge in [0.1, 0.15) is 5.82 Å². The summed E-state index contributed by atoms with van der Waals surface area (Å²) in [5.41, 5.74) is 1.64. The van der Waals surface area contributed by atoms with E-state index in [-0.39, 0.29) is 0 Å². The number of rotatable bonds is 7. The molecule has 2 fully saturated rings. The van der Waals surface area contributed by atoms with Gasteiger partial charge in [0.25, 0.3) is 0 Å². The van der Waals surface area contributed by atoms with E-state index in [1.807, 2.05) is 12.3 Å². The van der Waals surface area contributed by atoms with Gasteiger partial charge in [0.15, 0.2) is 0 Å². The quantitative estimate of drug-likeness (QED) is 0.718. The molecule has 3 heterocycles. The van der Waals surface area contributed by atoms with Gasteiger partial charge < -0.3 is 9.47 Å². The Hall–Kier alpha value is -2.14. The summed E-state index contributed by atoms with van der Waals surface area (Å²) in [5, 5.41) is 0. The fourth-order valence-electron chi connectivity index (χ4n) is 4.94. The average Bonchev–Trinajstić information content (AvgIpc) is 3.18. The summed E-state index contributed by atoms with van der Waals surface area (Å²) in [6, 6.07) is 10.5. The van der Waals surface area contributed by atoms with E-state index in [1.165, 1.54) is 24.2 Å². The molecule has 0 N–H and O–H groups in total. The molecule has 0 unspecified atom stereocenters. The Kier molecular flexibility index (Phi) is 6.34. The highest BCUT2D eigenvalue weighted by Crippen LogP contribution is 2.40. The number of hydrogen-bond acceptors (Lipinski definition) is 3. The lowest BCUT2D eigenvalue weighted by atomic mass is 9.72. The summed E-state index contributed by atoms with van der Waals surface area (Å²) in [7, 11) is 0. The van der Waals surface area contributed by atoms with E-state index < -0.39 is 0 Å². The smallest absolute Gasteiger partial charge is 0.222 e. The van der Waals surface area contributed by atoms with Crippen LogP contribution in [0.15, 0.2) is 42.7 Å². The third kappa shape index (κ3) is 4.89. The largest absolute Gasteiger partial charge is 0.342 e. The Morgan fingerprint density at radius 1 is 1.07 bits per heavy atom. The fourth-order valence-corrected chi connectivity index (χ4v) is 4.94. The van der Waals surface area contributed by atoms with Crippen molar-refractivity contribution in [2.24, 2.45) is 5.41 Å². The number of aryl methyl sites for hydroxylation is 1. The molecule has 0 atom stereocenters. The normalized spacial score (nSPS) is 19.8. The third-order valence-corrected chi connectivity index (χ3v) is 6.81. The zero-order valence-corrected chi connectivity index (χ0v) is 17.7. The maximum atomic E-state index is 12.5. The molecule has 1 spiro atoms. The van der Waals surface area contributed by atoms with Gasteiger partial charge in [-0.25, -0.2) is 4.98 Å². The molecule has 1 aromatic heterocycles. The minimum atomic E-state index is 0.319. The number of hydrogen-bond donors (Lipinski definition) is 0. The summed E-state index contributed by atoms with van der Waals surface area (Å²) >= 11 is 0. The maximum Gasteiger partial charge on any atom is 0.222 e. The second kappa shape index (κ2) is 9.12. The lowest BCUT2D eigenvalue weighted by molar-refractivity contribution is -0.139. The second-order valence-corrected chi connectivity index (χ2v) is 8.86. The van der Waals surface area contributed by atoms with Crippen LogP contribution in [0.3, 0.4) is 0 Å². The van der Waals surface area contributed by atoms with Crippen LogP contribution >= 0.6 is 0 Å². The van der Waals surface area contributed by atoms with Crippen molar-refractivity contribution in [3.63, 3.8) is 0 Å². The molecule has 0 bridgehead atoms. The molecule has 0 saturated carbocycles. The number of piperidine rings is 2. The molecule has 2 aromatic rings. The van der Waals surface area contributed by atoms with Gasteiger partial charge in [-0.05, 0) is 56.2 Å². The van der Waals surface area contributed by atoms with Crippen molar-refractivity contribution in [1.82, 2.24) is 19.4 Å². The van der Waals surface area contributed by atoms with Crippen molar-refractivity contribution in [2.75, 3.05) is 26.2 Å². The van der Waals surface area contributed by atoms with Crippen molar-refractivity contribution in [3.8, 4) is 0 Å². The number of imidazole rings is 1. The minimum absolute atomic E-state index is 0.319. The fraction of sp³-hybridized carbons (Fsp3) is 0.583. The molecule has 2 aliphatic heterocycles. The Bertz CT molecular complexity index is 792. The second-order valence-electron chi connectivity index (χ2n) is 8.86. The van der Waals surface area contributed by atoms with Crippen molar-refractivity contribution in [3.05, 3.63) is 54.1 Å². The molecule has 0 radical (unpaired) electrons. The summed E-state index contributed by atoms with van der Waals surface area (Å²) in [6.07, 6.45) is 10.3. The Morgan fingerprint density at radius 3 is 2.62 bits per heavy atom. The molecule has 0 aliphatic carbocycles. The number of carbonyl (C=O) groups is 1. The molecule has 4 rings (SSSR count). The van der Waals surface area contributed by atoms with Crippen LogP contribution in [-0.4, -0.2) is 51.4 Å². The number of carbonyl (C=O) groups excluding carboxylic acids is 1. The van der Waals surface area contributed by atoms with Crippen LogP contribution in [0, 0.1) is 5.41 Å². The molecule has 2 aliphatic rings. The van der Waals surface area contributed by atoms with Crippen LogP contribution in [0.25, 0.3) is 0 Å². The first kappa shape index (κ1) is 20.1. The molecule has 156 valence electrons. The van der Waals surface area contributed by atoms with Gasteiger partial charge in [-0.3, -0.25) is 9.69 Å².